The van der Waals surface area contributed by atoms with E-state index in [-0.39, 0.29) is 10.8 Å². The third-order valence-electron chi connectivity index (χ3n) is 3.49. The van der Waals surface area contributed by atoms with Crippen molar-refractivity contribution in [3.63, 3.8) is 0 Å². The van der Waals surface area contributed by atoms with Crippen molar-refractivity contribution < 1.29 is 13.2 Å². The van der Waals surface area contributed by atoms with Gasteiger partial charge >= 0.3 is 0 Å². The number of hydrogen-bond donors (Lipinski definition) is 1. The second kappa shape index (κ2) is 5.83. The zero-order valence-electron chi connectivity index (χ0n) is 11.2. The number of nitrogens with two attached hydrogens (primary N) is 1. The first-order chi connectivity index (χ1) is 9.30. The largest absolute Gasteiger partial charge is 0.339 e. The molecule has 5 nitrogen and oxygen atoms in total. The summed E-state index contributed by atoms with van der Waals surface area (Å²) >= 11 is 3.29. The van der Waals surface area contributed by atoms with Gasteiger partial charge in [-0.15, -0.1) is 0 Å². The van der Waals surface area contributed by atoms with E-state index >= 15 is 0 Å². The third kappa shape index (κ3) is 3.21. The van der Waals surface area contributed by atoms with Crippen LogP contribution in [0.5, 0.6) is 0 Å². The number of likely N-dealkylation sites (tertiary alicyclic amines) is 1. The number of halogens is 1. The fourth-order valence-corrected chi connectivity index (χ4v) is 3.77. The molecule has 0 aliphatic carbocycles. The van der Waals surface area contributed by atoms with E-state index in [1.165, 1.54) is 6.07 Å². The third-order valence-corrected chi connectivity index (χ3v) is 5.35. The maximum absolute atomic E-state index is 12.4. The Balaban J connectivity index is 2.42. The Hall–Kier alpha value is -0.920. The van der Waals surface area contributed by atoms with Crippen molar-refractivity contribution in [2.45, 2.75) is 31.1 Å². The first-order valence-corrected chi connectivity index (χ1v) is 8.77. The number of sulfonamides is 1. The highest BCUT2D eigenvalue weighted by molar-refractivity contribution is 9.10. The molecular formula is C13H17BrN2O3S. The number of amides is 1. The minimum Gasteiger partial charge on any atom is -0.339 e. The van der Waals surface area contributed by atoms with E-state index < -0.39 is 10.0 Å². The summed E-state index contributed by atoms with van der Waals surface area (Å²) in [6.07, 6.45) is 3.10. The second-order valence-corrected chi connectivity index (χ2v) is 7.36. The molecule has 1 aliphatic heterocycles. The van der Waals surface area contributed by atoms with Crippen LogP contribution in [0.1, 0.15) is 35.2 Å². The minimum atomic E-state index is -3.84. The van der Waals surface area contributed by atoms with Gasteiger partial charge in [-0.2, -0.15) is 0 Å². The molecule has 1 aliphatic rings. The molecule has 1 amide bonds. The van der Waals surface area contributed by atoms with Gasteiger partial charge in [-0.25, -0.2) is 13.6 Å². The summed E-state index contributed by atoms with van der Waals surface area (Å²) < 4.78 is 23.8. The Morgan fingerprint density at radius 1 is 1.25 bits per heavy atom. The van der Waals surface area contributed by atoms with Crippen LogP contribution in [0.3, 0.4) is 0 Å². The number of carbonyl (C=O) groups excluding carboxylic acids is 1. The summed E-state index contributed by atoms with van der Waals surface area (Å²) in [5, 5.41) is 5.20. The summed E-state index contributed by atoms with van der Waals surface area (Å²) in [5.41, 5.74) is 0.871. The zero-order chi connectivity index (χ0) is 14.9. The molecule has 1 aromatic rings. The SMILES string of the molecule is Cc1c(Br)cc(C(=O)N2CCCCC2)cc1S(N)(=O)=O. The van der Waals surface area contributed by atoms with E-state index in [4.69, 9.17) is 5.14 Å². The average molecular weight is 361 g/mol. The number of carbonyl (C=O) groups is 1. The monoisotopic (exact) mass is 360 g/mol. The van der Waals surface area contributed by atoms with E-state index in [2.05, 4.69) is 15.9 Å². The zero-order valence-corrected chi connectivity index (χ0v) is 13.6. The van der Waals surface area contributed by atoms with Crippen molar-refractivity contribution >= 4 is 31.9 Å². The molecule has 20 heavy (non-hydrogen) atoms. The summed E-state index contributed by atoms with van der Waals surface area (Å²) in [6, 6.07) is 3.02. The molecule has 0 saturated carbocycles. The molecular weight excluding hydrogens is 344 g/mol. The molecule has 2 N–H and O–H groups in total. The molecule has 0 atom stereocenters. The van der Waals surface area contributed by atoms with E-state index in [9.17, 15) is 13.2 Å². The lowest BCUT2D eigenvalue weighted by Crippen LogP contribution is -2.35. The molecule has 2 rings (SSSR count). The number of hydrogen-bond acceptors (Lipinski definition) is 3. The maximum Gasteiger partial charge on any atom is 0.253 e. The standard InChI is InChI=1S/C13H17BrN2O3S/c1-9-11(14)7-10(8-12(9)20(15,18)19)13(17)16-5-3-2-4-6-16/h7-8H,2-6H2,1H3,(H2,15,18,19). The normalized spacial score (nSPS) is 16.2. The molecule has 0 radical (unpaired) electrons. The van der Waals surface area contributed by atoms with Crippen molar-refractivity contribution in [3.8, 4) is 0 Å². The number of rotatable bonds is 2. The van der Waals surface area contributed by atoms with Crippen molar-refractivity contribution in [3.05, 3.63) is 27.7 Å². The van der Waals surface area contributed by atoms with Crippen LogP contribution in [0.15, 0.2) is 21.5 Å². The van der Waals surface area contributed by atoms with Crippen LogP contribution in [0.2, 0.25) is 0 Å². The van der Waals surface area contributed by atoms with E-state index in [0.717, 1.165) is 32.4 Å². The first-order valence-electron chi connectivity index (χ1n) is 6.43. The van der Waals surface area contributed by atoms with E-state index in [1.807, 2.05) is 0 Å². The topological polar surface area (TPSA) is 80.5 Å². The van der Waals surface area contributed by atoms with Crippen molar-refractivity contribution in [1.82, 2.24) is 4.90 Å². The van der Waals surface area contributed by atoms with Crippen molar-refractivity contribution in [2.24, 2.45) is 5.14 Å². The molecule has 110 valence electrons. The molecule has 0 bridgehead atoms. The average Bonchev–Trinajstić information content (AvgIpc) is 2.40. The lowest BCUT2D eigenvalue weighted by atomic mass is 10.1. The Kier molecular flexibility index (Phi) is 4.51. The minimum absolute atomic E-state index is 0.00719. The fourth-order valence-electron chi connectivity index (χ4n) is 2.35. The smallest absolute Gasteiger partial charge is 0.253 e. The van der Waals surface area contributed by atoms with Gasteiger partial charge in [0, 0.05) is 23.1 Å². The second-order valence-electron chi connectivity index (χ2n) is 4.98. The van der Waals surface area contributed by atoms with Gasteiger partial charge in [0.05, 0.1) is 4.90 Å². The van der Waals surface area contributed by atoms with Crippen LogP contribution < -0.4 is 5.14 Å². The fraction of sp³-hybridized carbons (Fsp3) is 0.462. The molecule has 0 aromatic heterocycles. The van der Waals surface area contributed by atoms with Gasteiger partial charge in [0.1, 0.15) is 0 Å². The summed E-state index contributed by atoms with van der Waals surface area (Å²) in [4.78, 5) is 14.2. The van der Waals surface area contributed by atoms with Gasteiger partial charge in [0.2, 0.25) is 10.0 Å². The lowest BCUT2D eigenvalue weighted by molar-refractivity contribution is 0.0724. The van der Waals surface area contributed by atoms with Gasteiger partial charge in [0.25, 0.3) is 5.91 Å². The van der Waals surface area contributed by atoms with E-state index in [0.29, 0.717) is 15.6 Å². The van der Waals surface area contributed by atoms with Crippen molar-refractivity contribution in [1.29, 1.82) is 0 Å². The predicted molar refractivity (Wildman–Crippen MR) is 80.0 cm³/mol. The highest BCUT2D eigenvalue weighted by Crippen LogP contribution is 2.26. The van der Waals surface area contributed by atoms with Gasteiger partial charge in [-0.1, -0.05) is 15.9 Å². The molecule has 0 unspecified atom stereocenters. The Morgan fingerprint density at radius 3 is 2.40 bits per heavy atom. The van der Waals surface area contributed by atoms with Crippen molar-refractivity contribution in [2.75, 3.05) is 13.1 Å². The van der Waals surface area contributed by atoms with Crippen LogP contribution in [0.25, 0.3) is 0 Å². The highest BCUT2D eigenvalue weighted by Gasteiger charge is 2.22. The summed E-state index contributed by atoms with van der Waals surface area (Å²) in [6.45, 7) is 3.09. The van der Waals surface area contributed by atoms with Gasteiger partial charge in [-0.05, 0) is 43.9 Å². The summed E-state index contributed by atoms with van der Waals surface area (Å²) in [5.74, 6) is -0.143. The number of benzene rings is 1. The van der Waals surface area contributed by atoms with Gasteiger partial charge in [-0.3, -0.25) is 4.79 Å². The Bertz CT molecular complexity index is 637. The van der Waals surface area contributed by atoms with Gasteiger partial charge in [0.15, 0.2) is 0 Å². The Labute approximate surface area is 127 Å². The van der Waals surface area contributed by atoms with Crippen LogP contribution >= 0.6 is 15.9 Å². The first kappa shape index (κ1) is 15.5. The number of nitrogens with zero attached hydrogens (tertiary/aromatic N) is 1. The molecule has 1 heterocycles. The predicted octanol–water partition coefficient (Wildman–Crippen LogP) is 2.03. The quantitative estimate of drug-likeness (QED) is 0.875. The molecule has 7 heteroatoms. The highest BCUT2D eigenvalue weighted by atomic mass is 79.9. The lowest BCUT2D eigenvalue weighted by Gasteiger charge is -2.27. The van der Waals surface area contributed by atoms with Crippen LogP contribution in [-0.4, -0.2) is 32.3 Å². The molecule has 1 aromatic carbocycles. The van der Waals surface area contributed by atoms with Crippen LogP contribution in [-0.2, 0) is 10.0 Å². The molecule has 1 saturated heterocycles. The summed E-state index contributed by atoms with van der Waals surface area (Å²) in [7, 11) is -3.84. The van der Waals surface area contributed by atoms with Crippen LogP contribution in [0, 0.1) is 6.92 Å². The van der Waals surface area contributed by atoms with Crippen LogP contribution in [0.4, 0.5) is 0 Å². The molecule has 0 spiro atoms. The number of piperidine rings is 1. The maximum atomic E-state index is 12.4. The van der Waals surface area contributed by atoms with Gasteiger partial charge < -0.3 is 4.90 Å². The number of primary sulfonamides is 1. The Morgan fingerprint density at radius 2 is 1.85 bits per heavy atom. The molecule has 1 fully saturated rings. The van der Waals surface area contributed by atoms with E-state index in [1.54, 1.807) is 17.9 Å².